The van der Waals surface area contributed by atoms with Gasteiger partial charge in [0.05, 0.1) is 5.69 Å². The van der Waals surface area contributed by atoms with Gasteiger partial charge in [0.25, 0.3) is 0 Å². The van der Waals surface area contributed by atoms with Crippen molar-refractivity contribution in [2.75, 3.05) is 5.32 Å². The molecule has 0 fully saturated rings. The number of anilines is 2. The van der Waals surface area contributed by atoms with Crippen LogP contribution in [0.15, 0.2) is 64.4 Å². The van der Waals surface area contributed by atoms with Crippen molar-refractivity contribution < 1.29 is 4.42 Å². The molecule has 2 aromatic carbocycles. The molecule has 0 saturated heterocycles. The van der Waals surface area contributed by atoms with Gasteiger partial charge in [0, 0.05) is 10.9 Å². The minimum absolute atomic E-state index is 0.463. The molecule has 4 aromatic rings. The number of hydrogen-bond donors (Lipinski definition) is 1. The van der Waals surface area contributed by atoms with Crippen molar-refractivity contribution in [1.82, 2.24) is 9.97 Å². The van der Waals surface area contributed by atoms with Gasteiger partial charge < -0.3 is 4.42 Å². The number of aromatic nitrogens is 2. The number of thiazole rings is 1. The molecular weight excluding hydrogens is 282 g/mol. The number of fused-ring (bicyclic) bond motifs is 1. The molecule has 0 radical (unpaired) electrons. The highest BCUT2D eigenvalue weighted by molar-refractivity contribution is 7.14. The Bertz CT molecular complexity index is 850. The van der Waals surface area contributed by atoms with Crippen molar-refractivity contribution >= 4 is 33.6 Å². The van der Waals surface area contributed by atoms with E-state index < -0.39 is 0 Å². The molecule has 4 nitrogen and oxygen atoms in total. The molecule has 0 aliphatic heterocycles. The highest BCUT2D eigenvalue weighted by Crippen LogP contribution is 2.28. The lowest BCUT2D eigenvalue weighted by Crippen LogP contribution is -1.89. The molecule has 4 rings (SSSR count). The number of oxazole rings is 1. The predicted octanol–water partition coefficient (Wildman–Crippen LogP) is 4.69. The van der Waals surface area contributed by atoms with Gasteiger partial charge in [-0.15, -0.1) is 11.3 Å². The minimum atomic E-state index is 0.463. The van der Waals surface area contributed by atoms with E-state index in [-0.39, 0.29) is 0 Å². The van der Waals surface area contributed by atoms with E-state index in [0.29, 0.717) is 6.01 Å². The molecule has 0 unspecified atom stereocenters. The number of nitrogens with zero attached hydrogens (tertiary/aromatic N) is 2. The van der Waals surface area contributed by atoms with Crippen LogP contribution in [0.25, 0.3) is 22.4 Å². The molecule has 0 aliphatic rings. The van der Waals surface area contributed by atoms with E-state index in [1.54, 1.807) is 0 Å². The Balaban J connectivity index is 1.61. The zero-order valence-electron chi connectivity index (χ0n) is 11.0. The van der Waals surface area contributed by atoms with Crippen LogP contribution >= 0.6 is 11.3 Å². The van der Waals surface area contributed by atoms with Crippen LogP contribution in [0.4, 0.5) is 11.1 Å². The summed E-state index contributed by atoms with van der Waals surface area (Å²) in [5, 5.41) is 5.89. The standard InChI is InChI=1S/C16H11N3OS/c1-2-6-11(7-3-1)13-10-21-16(18-13)19-15-17-12-8-4-5-9-14(12)20-15/h1-10H,(H,17,18,19). The smallest absolute Gasteiger partial charge is 0.302 e. The second-order valence-electron chi connectivity index (χ2n) is 4.52. The van der Waals surface area contributed by atoms with Gasteiger partial charge in [-0.05, 0) is 12.1 Å². The van der Waals surface area contributed by atoms with Gasteiger partial charge in [-0.25, -0.2) is 4.98 Å². The minimum Gasteiger partial charge on any atom is -0.423 e. The van der Waals surface area contributed by atoms with Crippen LogP contribution in [-0.2, 0) is 0 Å². The number of para-hydroxylation sites is 2. The average molecular weight is 293 g/mol. The monoisotopic (exact) mass is 293 g/mol. The van der Waals surface area contributed by atoms with Gasteiger partial charge >= 0.3 is 6.01 Å². The van der Waals surface area contributed by atoms with Crippen molar-refractivity contribution in [3.05, 3.63) is 60.0 Å². The van der Waals surface area contributed by atoms with Gasteiger partial charge in [0.15, 0.2) is 10.7 Å². The normalized spacial score (nSPS) is 10.9. The lowest BCUT2D eigenvalue weighted by Gasteiger charge is -1.95. The Morgan fingerprint density at radius 1 is 0.905 bits per heavy atom. The molecule has 102 valence electrons. The van der Waals surface area contributed by atoms with E-state index >= 15 is 0 Å². The Hall–Kier alpha value is -2.66. The van der Waals surface area contributed by atoms with Crippen LogP contribution < -0.4 is 5.32 Å². The summed E-state index contributed by atoms with van der Waals surface area (Å²) in [4.78, 5) is 8.93. The Kier molecular flexibility index (Phi) is 2.90. The molecule has 0 saturated carbocycles. The zero-order valence-corrected chi connectivity index (χ0v) is 11.8. The fraction of sp³-hybridized carbons (Fsp3) is 0. The van der Waals surface area contributed by atoms with Crippen LogP contribution in [0.1, 0.15) is 0 Å². The van der Waals surface area contributed by atoms with Crippen molar-refractivity contribution in [2.24, 2.45) is 0 Å². The van der Waals surface area contributed by atoms with E-state index in [9.17, 15) is 0 Å². The van der Waals surface area contributed by atoms with Gasteiger partial charge in [-0.3, -0.25) is 5.32 Å². The summed E-state index contributed by atoms with van der Waals surface area (Å²) in [6.07, 6.45) is 0. The maximum Gasteiger partial charge on any atom is 0.302 e. The van der Waals surface area contributed by atoms with Gasteiger partial charge in [0.2, 0.25) is 0 Å². The molecule has 1 N–H and O–H groups in total. The SMILES string of the molecule is c1ccc(-c2csc(Nc3nc4ccccc4o3)n2)cc1. The third-order valence-corrected chi connectivity index (χ3v) is 3.84. The van der Waals surface area contributed by atoms with Gasteiger partial charge in [-0.1, -0.05) is 42.5 Å². The molecule has 2 heterocycles. The summed E-state index contributed by atoms with van der Waals surface area (Å²) in [7, 11) is 0. The van der Waals surface area contributed by atoms with Crippen LogP contribution in [0.3, 0.4) is 0 Å². The van der Waals surface area contributed by atoms with Crippen molar-refractivity contribution in [1.29, 1.82) is 0 Å². The molecule has 0 aliphatic carbocycles. The molecular formula is C16H11N3OS. The van der Waals surface area contributed by atoms with Gasteiger partial charge in [0.1, 0.15) is 5.52 Å². The molecule has 0 atom stereocenters. The predicted molar refractivity (Wildman–Crippen MR) is 84.8 cm³/mol. The summed E-state index contributed by atoms with van der Waals surface area (Å²) < 4.78 is 5.63. The second-order valence-corrected chi connectivity index (χ2v) is 5.37. The third kappa shape index (κ3) is 2.39. The highest BCUT2D eigenvalue weighted by Gasteiger charge is 2.08. The molecule has 0 amide bonds. The largest absolute Gasteiger partial charge is 0.423 e. The first kappa shape index (κ1) is 12.1. The third-order valence-electron chi connectivity index (χ3n) is 3.08. The van der Waals surface area contributed by atoms with Crippen LogP contribution in [0, 0.1) is 0 Å². The lowest BCUT2D eigenvalue weighted by molar-refractivity contribution is 0.623. The fourth-order valence-corrected chi connectivity index (χ4v) is 2.80. The Labute approximate surface area is 125 Å². The van der Waals surface area contributed by atoms with Crippen LogP contribution in [-0.4, -0.2) is 9.97 Å². The summed E-state index contributed by atoms with van der Waals surface area (Å²) in [5.74, 6) is 0. The quantitative estimate of drug-likeness (QED) is 0.595. The summed E-state index contributed by atoms with van der Waals surface area (Å²) >= 11 is 1.53. The maximum absolute atomic E-state index is 5.63. The van der Waals surface area contributed by atoms with E-state index in [1.165, 1.54) is 11.3 Å². The number of rotatable bonds is 3. The molecule has 5 heteroatoms. The van der Waals surface area contributed by atoms with E-state index in [2.05, 4.69) is 15.3 Å². The van der Waals surface area contributed by atoms with E-state index in [0.717, 1.165) is 27.5 Å². The Morgan fingerprint density at radius 2 is 1.71 bits per heavy atom. The first-order valence-corrected chi connectivity index (χ1v) is 7.40. The van der Waals surface area contributed by atoms with E-state index in [1.807, 2.05) is 60.0 Å². The molecule has 0 bridgehead atoms. The number of benzene rings is 2. The topological polar surface area (TPSA) is 51.0 Å². The molecule has 0 spiro atoms. The Morgan fingerprint density at radius 3 is 2.57 bits per heavy atom. The maximum atomic E-state index is 5.63. The zero-order chi connectivity index (χ0) is 14.1. The summed E-state index contributed by atoms with van der Waals surface area (Å²) in [5.41, 5.74) is 3.64. The fourth-order valence-electron chi connectivity index (χ4n) is 2.09. The number of nitrogens with one attached hydrogen (secondary N) is 1. The number of hydrogen-bond acceptors (Lipinski definition) is 5. The molecule has 21 heavy (non-hydrogen) atoms. The summed E-state index contributed by atoms with van der Waals surface area (Å²) in [6.45, 7) is 0. The van der Waals surface area contributed by atoms with Gasteiger partial charge in [-0.2, -0.15) is 4.98 Å². The summed E-state index contributed by atoms with van der Waals surface area (Å²) in [6, 6.07) is 18.2. The van der Waals surface area contributed by atoms with Crippen LogP contribution in [0.5, 0.6) is 0 Å². The lowest BCUT2D eigenvalue weighted by atomic mass is 10.2. The average Bonchev–Trinajstić information content (AvgIpc) is 3.14. The highest BCUT2D eigenvalue weighted by atomic mass is 32.1. The first-order valence-electron chi connectivity index (χ1n) is 6.52. The van der Waals surface area contributed by atoms with Crippen molar-refractivity contribution in [3.8, 4) is 11.3 Å². The van der Waals surface area contributed by atoms with Crippen molar-refractivity contribution in [2.45, 2.75) is 0 Å². The van der Waals surface area contributed by atoms with Crippen LogP contribution in [0.2, 0.25) is 0 Å². The van der Waals surface area contributed by atoms with Crippen molar-refractivity contribution in [3.63, 3.8) is 0 Å². The second kappa shape index (κ2) is 5.03. The molecule has 2 aromatic heterocycles. The van der Waals surface area contributed by atoms with E-state index in [4.69, 9.17) is 4.42 Å². The first-order chi connectivity index (χ1) is 10.4.